The highest BCUT2D eigenvalue weighted by Gasteiger charge is 2.07. The molecule has 0 aromatic heterocycles. The number of rotatable bonds is 2. The lowest BCUT2D eigenvalue weighted by molar-refractivity contribution is 1.18. The van der Waals surface area contributed by atoms with E-state index in [-0.39, 0.29) is 0 Å². The molecule has 0 atom stereocenters. The van der Waals surface area contributed by atoms with Gasteiger partial charge >= 0.3 is 0 Å². The maximum absolute atomic E-state index is 3.56. The summed E-state index contributed by atoms with van der Waals surface area (Å²) in [6, 6.07) is 16.6. The van der Waals surface area contributed by atoms with E-state index in [0.29, 0.717) is 0 Å². The topological polar surface area (TPSA) is 3.24 Å². The molecule has 0 aliphatic rings. The van der Waals surface area contributed by atoms with Crippen molar-refractivity contribution in [2.75, 3.05) is 11.9 Å². The average molecular weight is 276 g/mol. The Hall–Kier alpha value is -1.28. The molecule has 0 spiro atoms. The minimum atomic E-state index is 1.15. The maximum Gasteiger partial charge on any atom is 0.0449 e. The molecular weight excluding hydrogens is 262 g/mol. The second-order valence-corrected chi connectivity index (χ2v) is 4.63. The lowest BCUT2D eigenvalue weighted by Crippen LogP contribution is -2.10. The predicted molar refractivity (Wildman–Crippen MR) is 73.4 cm³/mol. The van der Waals surface area contributed by atoms with Gasteiger partial charge < -0.3 is 4.90 Å². The molecule has 2 aromatic carbocycles. The molecule has 0 bridgehead atoms. The van der Waals surface area contributed by atoms with Crippen LogP contribution in [0.5, 0.6) is 0 Å². The minimum absolute atomic E-state index is 1.15. The van der Waals surface area contributed by atoms with Crippen LogP contribution in [0.25, 0.3) is 0 Å². The zero-order valence-electron chi connectivity index (χ0n) is 9.44. The fraction of sp³-hybridized carbons (Fsp3) is 0.143. The third kappa shape index (κ3) is 2.12. The fourth-order valence-corrected chi connectivity index (χ4v) is 2.11. The maximum atomic E-state index is 3.56. The van der Waals surface area contributed by atoms with E-state index in [9.17, 15) is 0 Å². The molecule has 0 aliphatic carbocycles. The summed E-state index contributed by atoms with van der Waals surface area (Å²) in [4.78, 5) is 2.19. The van der Waals surface area contributed by atoms with Crippen molar-refractivity contribution in [3.8, 4) is 0 Å². The van der Waals surface area contributed by atoms with E-state index in [1.165, 1.54) is 16.9 Å². The van der Waals surface area contributed by atoms with Crippen LogP contribution in [0.3, 0.4) is 0 Å². The molecule has 82 valence electrons. The smallest absolute Gasteiger partial charge is 0.0449 e. The van der Waals surface area contributed by atoms with Gasteiger partial charge in [-0.2, -0.15) is 0 Å². The van der Waals surface area contributed by atoms with Crippen molar-refractivity contribution in [3.63, 3.8) is 0 Å². The van der Waals surface area contributed by atoms with E-state index in [1.54, 1.807) is 0 Å². The van der Waals surface area contributed by atoms with Crippen molar-refractivity contribution >= 4 is 27.3 Å². The van der Waals surface area contributed by atoms with Crippen molar-refractivity contribution in [1.82, 2.24) is 0 Å². The second-order valence-electron chi connectivity index (χ2n) is 3.78. The molecule has 0 amide bonds. The highest BCUT2D eigenvalue weighted by atomic mass is 79.9. The SMILES string of the molecule is Cc1c(Br)cccc1N(C)c1ccccc1. The van der Waals surface area contributed by atoms with Gasteiger partial charge in [0.2, 0.25) is 0 Å². The van der Waals surface area contributed by atoms with E-state index in [1.807, 2.05) is 6.07 Å². The normalized spacial score (nSPS) is 10.2. The van der Waals surface area contributed by atoms with Crippen LogP contribution in [0, 0.1) is 6.92 Å². The lowest BCUT2D eigenvalue weighted by Gasteiger charge is -2.22. The molecule has 0 radical (unpaired) electrons. The predicted octanol–water partition coefficient (Wildman–Crippen LogP) is 4.53. The molecule has 2 heteroatoms. The molecule has 0 N–H and O–H groups in total. The zero-order chi connectivity index (χ0) is 11.5. The van der Waals surface area contributed by atoms with Gasteiger partial charge in [-0.1, -0.05) is 40.2 Å². The number of hydrogen-bond donors (Lipinski definition) is 0. The van der Waals surface area contributed by atoms with Gasteiger partial charge in [-0.25, -0.2) is 0 Å². The van der Waals surface area contributed by atoms with Crippen LogP contribution in [-0.4, -0.2) is 7.05 Å². The Bertz CT molecular complexity index is 479. The Balaban J connectivity index is 2.42. The summed E-state index contributed by atoms with van der Waals surface area (Å²) in [5, 5.41) is 0. The Morgan fingerprint density at radius 3 is 2.31 bits per heavy atom. The summed E-state index contributed by atoms with van der Waals surface area (Å²) in [6.45, 7) is 2.12. The first-order valence-corrected chi connectivity index (χ1v) is 6.03. The van der Waals surface area contributed by atoms with E-state index in [2.05, 4.69) is 77.3 Å². The Morgan fingerprint density at radius 1 is 0.938 bits per heavy atom. The van der Waals surface area contributed by atoms with Gasteiger partial charge in [-0.15, -0.1) is 0 Å². The summed E-state index contributed by atoms with van der Waals surface area (Å²) in [5.41, 5.74) is 3.68. The Morgan fingerprint density at radius 2 is 1.62 bits per heavy atom. The summed E-state index contributed by atoms with van der Waals surface area (Å²) in [6.07, 6.45) is 0. The molecule has 0 unspecified atom stereocenters. The molecular formula is C14H14BrN. The van der Waals surface area contributed by atoms with Gasteiger partial charge in [-0.05, 0) is 36.8 Å². The highest BCUT2D eigenvalue weighted by Crippen LogP contribution is 2.30. The molecule has 1 nitrogen and oxygen atoms in total. The van der Waals surface area contributed by atoms with Crippen LogP contribution >= 0.6 is 15.9 Å². The number of para-hydroxylation sites is 1. The third-order valence-corrected chi connectivity index (χ3v) is 3.60. The van der Waals surface area contributed by atoms with Crippen LogP contribution < -0.4 is 4.90 Å². The first-order valence-electron chi connectivity index (χ1n) is 5.24. The molecule has 2 aromatic rings. The summed E-state index contributed by atoms with van der Waals surface area (Å²) in [5.74, 6) is 0. The van der Waals surface area contributed by atoms with Crippen LogP contribution in [-0.2, 0) is 0 Å². The van der Waals surface area contributed by atoms with Crippen molar-refractivity contribution in [1.29, 1.82) is 0 Å². The van der Waals surface area contributed by atoms with Crippen LogP contribution in [0.4, 0.5) is 11.4 Å². The number of benzene rings is 2. The summed E-state index contributed by atoms with van der Waals surface area (Å²) < 4.78 is 1.15. The van der Waals surface area contributed by atoms with Gasteiger partial charge in [0.1, 0.15) is 0 Å². The zero-order valence-corrected chi connectivity index (χ0v) is 11.0. The number of anilines is 2. The van der Waals surface area contributed by atoms with E-state index in [0.717, 1.165) is 4.47 Å². The van der Waals surface area contributed by atoms with Crippen molar-refractivity contribution in [2.45, 2.75) is 6.92 Å². The minimum Gasteiger partial charge on any atom is -0.344 e. The second kappa shape index (κ2) is 4.71. The van der Waals surface area contributed by atoms with Gasteiger partial charge in [0, 0.05) is 22.9 Å². The third-order valence-electron chi connectivity index (χ3n) is 2.74. The average Bonchev–Trinajstić information content (AvgIpc) is 2.33. The van der Waals surface area contributed by atoms with Gasteiger partial charge in [0.25, 0.3) is 0 Å². The first-order chi connectivity index (χ1) is 7.70. The van der Waals surface area contributed by atoms with Crippen LogP contribution in [0.1, 0.15) is 5.56 Å². The highest BCUT2D eigenvalue weighted by molar-refractivity contribution is 9.10. The van der Waals surface area contributed by atoms with Crippen molar-refractivity contribution < 1.29 is 0 Å². The molecule has 0 saturated heterocycles. The number of halogens is 1. The van der Waals surface area contributed by atoms with Crippen molar-refractivity contribution in [2.24, 2.45) is 0 Å². The molecule has 0 saturated carbocycles. The van der Waals surface area contributed by atoms with E-state index < -0.39 is 0 Å². The molecule has 0 heterocycles. The van der Waals surface area contributed by atoms with Gasteiger partial charge in [0.15, 0.2) is 0 Å². The van der Waals surface area contributed by atoms with Crippen LogP contribution in [0.15, 0.2) is 53.0 Å². The van der Waals surface area contributed by atoms with E-state index in [4.69, 9.17) is 0 Å². The quantitative estimate of drug-likeness (QED) is 0.779. The standard InChI is InChI=1S/C14H14BrN/c1-11-13(15)9-6-10-14(11)16(2)12-7-4-3-5-8-12/h3-10H,1-2H3. The molecule has 16 heavy (non-hydrogen) atoms. The Labute approximate surface area is 105 Å². The largest absolute Gasteiger partial charge is 0.344 e. The number of nitrogens with zero attached hydrogens (tertiary/aromatic N) is 1. The van der Waals surface area contributed by atoms with E-state index >= 15 is 0 Å². The fourth-order valence-electron chi connectivity index (χ4n) is 1.75. The monoisotopic (exact) mass is 275 g/mol. The summed E-state index contributed by atoms with van der Waals surface area (Å²) >= 11 is 3.56. The Kier molecular flexibility index (Phi) is 3.30. The summed E-state index contributed by atoms with van der Waals surface area (Å²) in [7, 11) is 2.09. The molecule has 0 aliphatic heterocycles. The lowest BCUT2D eigenvalue weighted by atomic mass is 10.1. The van der Waals surface area contributed by atoms with Gasteiger partial charge in [-0.3, -0.25) is 0 Å². The number of hydrogen-bond acceptors (Lipinski definition) is 1. The van der Waals surface area contributed by atoms with Crippen LogP contribution in [0.2, 0.25) is 0 Å². The van der Waals surface area contributed by atoms with Crippen molar-refractivity contribution in [3.05, 3.63) is 58.6 Å². The molecule has 0 fully saturated rings. The molecule has 2 rings (SSSR count). The first kappa shape index (κ1) is 11.2. The van der Waals surface area contributed by atoms with Gasteiger partial charge in [0.05, 0.1) is 0 Å².